The molecule has 1 aromatic heterocycles. The van der Waals surface area contributed by atoms with Gasteiger partial charge in [0, 0.05) is 31.7 Å². The van der Waals surface area contributed by atoms with Crippen molar-refractivity contribution in [2.75, 3.05) is 38.1 Å². The highest BCUT2D eigenvalue weighted by Gasteiger charge is 2.30. The maximum atomic E-state index is 12.7. The normalized spacial score (nSPS) is 15.9. The van der Waals surface area contributed by atoms with Gasteiger partial charge in [0.25, 0.3) is 5.91 Å². The molecule has 2 aromatic rings. The zero-order valence-electron chi connectivity index (χ0n) is 14.1. The monoisotopic (exact) mass is 365 g/mol. The Morgan fingerprint density at radius 1 is 1.08 bits per heavy atom. The second-order valence-electron chi connectivity index (χ2n) is 6.17. The number of carbonyl (C=O) groups is 1. The van der Waals surface area contributed by atoms with E-state index in [0.717, 1.165) is 25.2 Å². The third kappa shape index (κ3) is 3.93. The van der Waals surface area contributed by atoms with Gasteiger partial charge < -0.3 is 15.5 Å². The van der Waals surface area contributed by atoms with Crippen molar-refractivity contribution in [1.82, 2.24) is 14.9 Å². The molecular weight excluding hydrogens is 347 g/mol. The van der Waals surface area contributed by atoms with Crippen LogP contribution < -0.4 is 10.6 Å². The fourth-order valence-electron chi connectivity index (χ4n) is 2.69. The van der Waals surface area contributed by atoms with Gasteiger partial charge in [0.05, 0.1) is 11.3 Å². The second kappa shape index (κ2) is 6.91. The molecule has 26 heavy (non-hydrogen) atoms. The molecule has 3 rings (SSSR count). The van der Waals surface area contributed by atoms with E-state index in [9.17, 15) is 18.0 Å². The number of rotatable bonds is 3. The summed E-state index contributed by atoms with van der Waals surface area (Å²) in [7, 11) is 2.01. The smallest absolute Gasteiger partial charge is 0.364 e. The molecule has 1 aliphatic heterocycles. The highest BCUT2D eigenvalue weighted by atomic mass is 19.4. The summed E-state index contributed by atoms with van der Waals surface area (Å²) in [5.74, 6) is -0.361. The number of anilines is 1. The maximum Gasteiger partial charge on any atom is 0.416 e. The van der Waals surface area contributed by atoms with Crippen molar-refractivity contribution >= 4 is 11.9 Å². The Morgan fingerprint density at radius 2 is 1.69 bits per heavy atom. The lowest BCUT2D eigenvalue weighted by molar-refractivity contribution is -0.137. The van der Waals surface area contributed by atoms with E-state index in [1.807, 2.05) is 11.9 Å². The Balaban J connectivity index is 1.97. The molecule has 138 valence electrons. The lowest BCUT2D eigenvalue weighted by Gasteiger charge is -2.32. The molecule has 0 bridgehead atoms. The fourth-order valence-corrected chi connectivity index (χ4v) is 2.69. The van der Waals surface area contributed by atoms with Gasteiger partial charge in [-0.05, 0) is 25.2 Å². The summed E-state index contributed by atoms with van der Waals surface area (Å²) >= 11 is 0. The van der Waals surface area contributed by atoms with Crippen molar-refractivity contribution in [2.45, 2.75) is 6.18 Å². The van der Waals surface area contributed by atoms with E-state index >= 15 is 0 Å². The van der Waals surface area contributed by atoms with E-state index in [-0.39, 0.29) is 5.69 Å². The minimum atomic E-state index is -4.41. The van der Waals surface area contributed by atoms with E-state index in [0.29, 0.717) is 30.3 Å². The minimum Gasteiger partial charge on any atom is -0.364 e. The molecule has 1 saturated heterocycles. The van der Waals surface area contributed by atoms with Crippen LogP contribution in [0.1, 0.15) is 16.1 Å². The predicted octanol–water partition coefficient (Wildman–Crippen LogP) is 2.01. The number of benzene rings is 1. The largest absolute Gasteiger partial charge is 0.416 e. The highest BCUT2D eigenvalue weighted by Crippen LogP contribution is 2.31. The first-order valence-electron chi connectivity index (χ1n) is 8.04. The summed E-state index contributed by atoms with van der Waals surface area (Å²) in [4.78, 5) is 24.3. The molecule has 0 unspecified atom stereocenters. The predicted molar refractivity (Wildman–Crippen MR) is 90.7 cm³/mol. The van der Waals surface area contributed by atoms with Gasteiger partial charge in [0.1, 0.15) is 5.69 Å². The quantitative estimate of drug-likeness (QED) is 0.901. The van der Waals surface area contributed by atoms with Crippen molar-refractivity contribution in [3.05, 3.63) is 41.6 Å². The lowest BCUT2D eigenvalue weighted by atomic mass is 10.1. The topological polar surface area (TPSA) is 75.3 Å². The van der Waals surface area contributed by atoms with Gasteiger partial charge in [-0.3, -0.25) is 4.79 Å². The number of hydrogen-bond donors (Lipinski definition) is 1. The van der Waals surface area contributed by atoms with Gasteiger partial charge in [0.15, 0.2) is 0 Å². The molecule has 2 N–H and O–H groups in total. The van der Waals surface area contributed by atoms with Crippen LogP contribution >= 0.6 is 0 Å². The average molecular weight is 365 g/mol. The van der Waals surface area contributed by atoms with Crippen LogP contribution in [0.25, 0.3) is 11.3 Å². The Bertz CT molecular complexity index is 799. The van der Waals surface area contributed by atoms with Crippen LogP contribution in [0.15, 0.2) is 30.3 Å². The van der Waals surface area contributed by atoms with Gasteiger partial charge in [-0.25, -0.2) is 9.97 Å². The van der Waals surface area contributed by atoms with E-state index in [1.165, 1.54) is 18.2 Å². The molecule has 0 radical (unpaired) electrons. The average Bonchev–Trinajstić information content (AvgIpc) is 2.61. The first-order valence-corrected chi connectivity index (χ1v) is 8.04. The SMILES string of the molecule is CN1CCN(c2nc(C(N)=O)cc(-c3ccc(C(F)(F)F)cc3)n2)CC1. The van der Waals surface area contributed by atoms with Crippen LogP contribution in [0.4, 0.5) is 19.1 Å². The maximum absolute atomic E-state index is 12.7. The Kier molecular flexibility index (Phi) is 4.82. The summed E-state index contributed by atoms with van der Waals surface area (Å²) < 4.78 is 38.2. The summed E-state index contributed by atoms with van der Waals surface area (Å²) in [6, 6.07) is 6.01. The van der Waals surface area contributed by atoms with Gasteiger partial charge in [-0.2, -0.15) is 13.2 Å². The first-order chi connectivity index (χ1) is 12.2. The van der Waals surface area contributed by atoms with Crippen LogP contribution in [0.5, 0.6) is 0 Å². The third-order valence-corrected chi connectivity index (χ3v) is 4.26. The number of likely N-dealkylation sites (N-methyl/N-ethyl adjacent to an activating group) is 1. The Hall–Kier alpha value is -2.68. The van der Waals surface area contributed by atoms with Crippen molar-refractivity contribution in [3.8, 4) is 11.3 Å². The molecule has 1 aliphatic rings. The van der Waals surface area contributed by atoms with Crippen LogP contribution in [0, 0.1) is 0 Å². The van der Waals surface area contributed by atoms with Crippen molar-refractivity contribution in [3.63, 3.8) is 0 Å². The number of hydrogen-bond acceptors (Lipinski definition) is 5. The number of nitrogens with two attached hydrogens (primary N) is 1. The number of alkyl halides is 3. The summed E-state index contributed by atoms with van der Waals surface area (Å²) in [5, 5.41) is 0. The van der Waals surface area contributed by atoms with Crippen LogP contribution in [-0.4, -0.2) is 54.0 Å². The number of nitrogens with zero attached hydrogens (tertiary/aromatic N) is 4. The molecule has 1 aromatic carbocycles. The molecule has 6 nitrogen and oxygen atoms in total. The zero-order valence-corrected chi connectivity index (χ0v) is 14.1. The number of aromatic nitrogens is 2. The van der Waals surface area contributed by atoms with E-state index in [2.05, 4.69) is 14.9 Å². The van der Waals surface area contributed by atoms with Crippen LogP contribution in [-0.2, 0) is 6.18 Å². The highest BCUT2D eigenvalue weighted by molar-refractivity contribution is 5.92. The molecule has 2 heterocycles. The molecule has 0 saturated carbocycles. The summed E-state index contributed by atoms with van der Waals surface area (Å²) in [6.07, 6.45) is -4.41. The molecule has 1 fully saturated rings. The van der Waals surface area contributed by atoms with Gasteiger partial charge in [0.2, 0.25) is 5.95 Å². The molecule has 9 heteroatoms. The summed E-state index contributed by atoms with van der Waals surface area (Å²) in [6.45, 7) is 3.01. The number of primary amides is 1. The molecular formula is C17H18F3N5O. The molecule has 0 aliphatic carbocycles. The number of amides is 1. The van der Waals surface area contributed by atoms with Crippen molar-refractivity contribution in [1.29, 1.82) is 0 Å². The van der Waals surface area contributed by atoms with Gasteiger partial charge in [-0.15, -0.1) is 0 Å². The lowest BCUT2D eigenvalue weighted by Crippen LogP contribution is -2.45. The Morgan fingerprint density at radius 3 is 2.23 bits per heavy atom. The molecule has 1 amide bonds. The molecule has 0 spiro atoms. The van der Waals surface area contributed by atoms with Crippen molar-refractivity contribution in [2.24, 2.45) is 5.73 Å². The number of carbonyl (C=O) groups excluding carboxylic acids is 1. The van der Waals surface area contributed by atoms with E-state index in [1.54, 1.807) is 0 Å². The second-order valence-corrected chi connectivity index (χ2v) is 6.17. The van der Waals surface area contributed by atoms with Crippen LogP contribution in [0.2, 0.25) is 0 Å². The standard InChI is InChI=1S/C17H18F3N5O/c1-24-6-8-25(9-7-24)16-22-13(10-14(23-16)15(21)26)11-2-4-12(5-3-11)17(18,19)20/h2-5,10H,6-9H2,1H3,(H2,21,26). The van der Waals surface area contributed by atoms with E-state index in [4.69, 9.17) is 5.73 Å². The minimum absolute atomic E-state index is 0.0313. The zero-order chi connectivity index (χ0) is 18.9. The first kappa shape index (κ1) is 18.1. The van der Waals surface area contributed by atoms with E-state index < -0.39 is 17.6 Å². The Labute approximate surface area is 148 Å². The van der Waals surface area contributed by atoms with Crippen molar-refractivity contribution < 1.29 is 18.0 Å². The summed E-state index contributed by atoms with van der Waals surface area (Å²) in [5.41, 5.74) is 5.46. The molecule has 0 atom stereocenters. The van der Waals surface area contributed by atoms with Gasteiger partial charge >= 0.3 is 6.18 Å². The fraction of sp³-hybridized carbons (Fsp3) is 0.353. The number of piperazine rings is 1. The van der Waals surface area contributed by atoms with Gasteiger partial charge in [-0.1, -0.05) is 12.1 Å². The van der Waals surface area contributed by atoms with Crippen LogP contribution in [0.3, 0.4) is 0 Å². The third-order valence-electron chi connectivity index (χ3n) is 4.26. The number of halogens is 3.